The minimum atomic E-state index is 0.118. The average molecular weight is 299 g/mol. The summed E-state index contributed by atoms with van der Waals surface area (Å²) in [5.74, 6) is 1.58. The minimum Gasteiger partial charge on any atom is -0.352 e. The second kappa shape index (κ2) is 7.17. The predicted octanol–water partition coefficient (Wildman–Crippen LogP) is 1.27. The lowest BCUT2D eigenvalue weighted by Crippen LogP contribution is -2.23. The number of hydrogen-bond donors (Lipinski definition) is 2. The summed E-state index contributed by atoms with van der Waals surface area (Å²) >= 11 is 0. The Morgan fingerprint density at radius 2 is 2.41 bits per heavy atom. The number of aromatic nitrogens is 3. The van der Waals surface area contributed by atoms with E-state index in [1.54, 1.807) is 18.7 Å². The molecule has 3 rings (SSSR count). The van der Waals surface area contributed by atoms with Crippen LogP contribution in [-0.4, -0.2) is 33.5 Å². The van der Waals surface area contributed by atoms with E-state index in [-0.39, 0.29) is 5.91 Å². The van der Waals surface area contributed by atoms with Crippen LogP contribution in [0.15, 0.2) is 37.1 Å². The fourth-order valence-electron chi connectivity index (χ4n) is 2.69. The second-order valence-corrected chi connectivity index (χ2v) is 5.67. The zero-order chi connectivity index (χ0) is 15.2. The van der Waals surface area contributed by atoms with Crippen molar-refractivity contribution >= 4 is 5.91 Å². The summed E-state index contributed by atoms with van der Waals surface area (Å²) in [7, 11) is 0. The van der Waals surface area contributed by atoms with Gasteiger partial charge in [0.15, 0.2) is 0 Å². The molecule has 0 aromatic carbocycles. The number of carbonyl (C=O) groups excluding carboxylic acids is 1. The molecule has 2 N–H and O–H groups in total. The van der Waals surface area contributed by atoms with Crippen LogP contribution in [0.3, 0.4) is 0 Å². The number of rotatable bonds is 6. The molecule has 2 aromatic heterocycles. The lowest BCUT2D eigenvalue weighted by atomic mass is 10.0. The molecule has 1 unspecified atom stereocenters. The van der Waals surface area contributed by atoms with Crippen molar-refractivity contribution in [3.05, 3.63) is 42.6 Å². The fourth-order valence-corrected chi connectivity index (χ4v) is 2.69. The maximum absolute atomic E-state index is 11.9. The number of carbonyl (C=O) groups is 1. The number of imidazole rings is 1. The largest absolute Gasteiger partial charge is 0.352 e. The first kappa shape index (κ1) is 14.7. The molecule has 0 saturated carbocycles. The van der Waals surface area contributed by atoms with E-state index in [0.29, 0.717) is 18.9 Å². The van der Waals surface area contributed by atoms with E-state index in [4.69, 9.17) is 0 Å². The van der Waals surface area contributed by atoms with E-state index in [2.05, 4.69) is 20.6 Å². The average Bonchev–Trinajstić information content (AvgIpc) is 3.24. The molecule has 1 aliphatic heterocycles. The van der Waals surface area contributed by atoms with Crippen molar-refractivity contribution < 1.29 is 4.79 Å². The molecular formula is C16H21N5O. The molecule has 2 aromatic rings. The maximum Gasteiger partial charge on any atom is 0.220 e. The fraction of sp³-hybridized carbons (Fsp3) is 0.438. The van der Waals surface area contributed by atoms with Gasteiger partial charge in [0.1, 0.15) is 12.1 Å². The van der Waals surface area contributed by atoms with Crippen molar-refractivity contribution in [2.75, 3.05) is 13.1 Å². The molecule has 1 fully saturated rings. The summed E-state index contributed by atoms with van der Waals surface area (Å²) in [5.41, 5.74) is 1.04. The van der Waals surface area contributed by atoms with Crippen molar-refractivity contribution in [3.8, 4) is 5.82 Å². The Morgan fingerprint density at radius 1 is 1.45 bits per heavy atom. The van der Waals surface area contributed by atoms with Crippen LogP contribution in [0.1, 0.15) is 24.8 Å². The third kappa shape index (κ3) is 3.92. The van der Waals surface area contributed by atoms with E-state index in [9.17, 15) is 4.79 Å². The summed E-state index contributed by atoms with van der Waals surface area (Å²) in [4.78, 5) is 20.2. The first-order valence-electron chi connectivity index (χ1n) is 7.72. The second-order valence-electron chi connectivity index (χ2n) is 5.67. The smallest absolute Gasteiger partial charge is 0.220 e. The first-order valence-corrected chi connectivity index (χ1v) is 7.72. The van der Waals surface area contributed by atoms with Crippen LogP contribution in [0.5, 0.6) is 0 Å². The third-order valence-corrected chi connectivity index (χ3v) is 4.01. The lowest BCUT2D eigenvalue weighted by Gasteiger charge is -2.09. The van der Waals surface area contributed by atoms with Crippen molar-refractivity contribution in [1.29, 1.82) is 0 Å². The number of amides is 1. The van der Waals surface area contributed by atoms with Gasteiger partial charge in [-0.1, -0.05) is 0 Å². The van der Waals surface area contributed by atoms with Crippen LogP contribution in [0.2, 0.25) is 0 Å². The molecule has 1 amide bonds. The monoisotopic (exact) mass is 299 g/mol. The zero-order valence-corrected chi connectivity index (χ0v) is 12.5. The molecule has 1 aliphatic rings. The van der Waals surface area contributed by atoms with Crippen LogP contribution < -0.4 is 10.6 Å². The van der Waals surface area contributed by atoms with Crippen molar-refractivity contribution in [2.24, 2.45) is 5.92 Å². The lowest BCUT2D eigenvalue weighted by molar-refractivity contribution is -0.121. The van der Waals surface area contributed by atoms with E-state index in [1.807, 2.05) is 22.9 Å². The summed E-state index contributed by atoms with van der Waals surface area (Å²) in [6, 6.07) is 3.88. The Morgan fingerprint density at radius 3 is 3.18 bits per heavy atom. The number of nitrogens with zero attached hydrogens (tertiary/aromatic N) is 3. The maximum atomic E-state index is 11.9. The molecule has 6 nitrogen and oxygen atoms in total. The Kier molecular flexibility index (Phi) is 4.80. The van der Waals surface area contributed by atoms with Gasteiger partial charge in [-0.15, -0.1) is 0 Å². The van der Waals surface area contributed by atoms with Crippen molar-refractivity contribution in [2.45, 2.75) is 25.8 Å². The van der Waals surface area contributed by atoms with Crippen molar-refractivity contribution in [1.82, 2.24) is 25.2 Å². The van der Waals surface area contributed by atoms with E-state index < -0.39 is 0 Å². The van der Waals surface area contributed by atoms with Crippen LogP contribution in [0.4, 0.5) is 0 Å². The Hall–Kier alpha value is -2.21. The number of hydrogen-bond acceptors (Lipinski definition) is 4. The van der Waals surface area contributed by atoms with Crippen LogP contribution in [0.25, 0.3) is 5.82 Å². The first-order chi connectivity index (χ1) is 10.8. The molecule has 6 heteroatoms. The summed E-state index contributed by atoms with van der Waals surface area (Å²) < 4.78 is 1.85. The van der Waals surface area contributed by atoms with E-state index >= 15 is 0 Å². The topological polar surface area (TPSA) is 71.8 Å². The molecule has 116 valence electrons. The standard InChI is InChI=1S/C16H21N5O/c22-16(2-1-13-3-5-17-10-13)20-11-14-4-6-19-15(9-14)21-8-7-18-12-21/h4,6-9,12-13,17H,1-3,5,10-11H2,(H,20,22). The quantitative estimate of drug-likeness (QED) is 0.842. The molecule has 0 radical (unpaired) electrons. The summed E-state index contributed by atoms with van der Waals surface area (Å²) in [5, 5.41) is 6.31. The van der Waals surface area contributed by atoms with E-state index in [0.717, 1.165) is 30.9 Å². The van der Waals surface area contributed by atoms with Gasteiger partial charge in [0, 0.05) is 31.6 Å². The molecule has 1 atom stereocenters. The molecule has 3 heterocycles. The Bertz CT molecular complexity index is 605. The normalized spacial score (nSPS) is 17.5. The van der Waals surface area contributed by atoms with Gasteiger partial charge in [-0.05, 0) is 49.5 Å². The highest BCUT2D eigenvalue weighted by Crippen LogP contribution is 2.14. The molecule has 22 heavy (non-hydrogen) atoms. The summed E-state index contributed by atoms with van der Waals surface area (Å²) in [6.07, 6.45) is 9.78. The van der Waals surface area contributed by atoms with Gasteiger partial charge in [0.25, 0.3) is 0 Å². The van der Waals surface area contributed by atoms with Crippen LogP contribution >= 0.6 is 0 Å². The molecular weight excluding hydrogens is 278 g/mol. The molecule has 1 saturated heterocycles. The third-order valence-electron chi connectivity index (χ3n) is 4.01. The van der Waals surface area contributed by atoms with Gasteiger partial charge < -0.3 is 10.6 Å². The van der Waals surface area contributed by atoms with Gasteiger partial charge >= 0.3 is 0 Å². The van der Waals surface area contributed by atoms with E-state index in [1.165, 1.54) is 6.42 Å². The van der Waals surface area contributed by atoms with Crippen LogP contribution in [-0.2, 0) is 11.3 Å². The minimum absolute atomic E-state index is 0.118. The highest BCUT2D eigenvalue weighted by Gasteiger charge is 2.15. The Labute approximate surface area is 130 Å². The highest BCUT2D eigenvalue weighted by atomic mass is 16.1. The molecule has 0 bridgehead atoms. The Balaban J connectivity index is 1.48. The number of nitrogens with one attached hydrogen (secondary N) is 2. The van der Waals surface area contributed by atoms with Gasteiger partial charge in [-0.3, -0.25) is 9.36 Å². The molecule has 0 aliphatic carbocycles. The summed E-state index contributed by atoms with van der Waals surface area (Å²) in [6.45, 7) is 2.66. The zero-order valence-electron chi connectivity index (χ0n) is 12.5. The SMILES string of the molecule is O=C(CCC1CCNC1)NCc1ccnc(-n2ccnc2)c1. The predicted molar refractivity (Wildman–Crippen MR) is 83.4 cm³/mol. The van der Waals surface area contributed by atoms with Gasteiger partial charge in [-0.2, -0.15) is 0 Å². The molecule has 0 spiro atoms. The van der Waals surface area contributed by atoms with Gasteiger partial charge in [-0.25, -0.2) is 9.97 Å². The highest BCUT2D eigenvalue weighted by molar-refractivity contribution is 5.75. The van der Waals surface area contributed by atoms with Crippen LogP contribution in [0, 0.1) is 5.92 Å². The van der Waals surface area contributed by atoms with Crippen molar-refractivity contribution in [3.63, 3.8) is 0 Å². The number of pyridine rings is 1. The van der Waals surface area contributed by atoms with Gasteiger partial charge in [0.05, 0.1) is 0 Å². The van der Waals surface area contributed by atoms with Gasteiger partial charge in [0.2, 0.25) is 5.91 Å².